The van der Waals surface area contributed by atoms with Gasteiger partial charge in [0.15, 0.2) is 0 Å². The van der Waals surface area contributed by atoms with Crippen LogP contribution in [0.5, 0.6) is 0 Å². The molecular formula is C14H17BrN2O. The highest BCUT2D eigenvalue weighted by atomic mass is 79.9. The maximum Gasteiger partial charge on any atom is 0.228 e. The van der Waals surface area contributed by atoms with Crippen molar-refractivity contribution in [2.45, 2.75) is 24.1 Å². The highest BCUT2D eigenvalue weighted by Gasteiger charge is 2.31. The Labute approximate surface area is 116 Å². The zero-order valence-corrected chi connectivity index (χ0v) is 11.9. The Kier molecular flexibility index (Phi) is 3.29. The third-order valence-corrected chi connectivity index (χ3v) is 4.31. The summed E-state index contributed by atoms with van der Waals surface area (Å²) in [6, 6.07) is 8.28. The van der Waals surface area contributed by atoms with Crippen LogP contribution in [-0.4, -0.2) is 30.4 Å². The van der Waals surface area contributed by atoms with E-state index in [0.717, 1.165) is 25.3 Å². The van der Waals surface area contributed by atoms with Gasteiger partial charge in [0.1, 0.15) is 0 Å². The molecule has 1 amide bonds. The van der Waals surface area contributed by atoms with Gasteiger partial charge in [-0.2, -0.15) is 0 Å². The van der Waals surface area contributed by atoms with Gasteiger partial charge in [-0.1, -0.05) is 28.1 Å². The number of amides is 1. The fourth-order valence-electron chi connectivity index (χ4n) is 2.81. The number of carbonyl (C=O) groups excluding carboxylic acids is 1. The van der Waals surface area contributed by atoms with Crippen LogP contribution in [-0.2, 0) is 4.79 Å². The lowest BCUT2D eigenvalue weighted by molar-refractivity contribution is -0.117. The Bertz CT molecular complexity index is 457. The lowest BCUT2D eigenvalue weighted by Crippen LogP contribution is -2.28. The van der Waals surface area contributed by atoms with E-state index < -0.39 is 0 Å². The standard InChI is InChI=1S/C14H17BrN2O/c15-11-9-14(18)17(10-11)13-6-2-1-5-12(13)16-7-3-4-8-16/h1-2,5-6,11H,3-4,7-10H2. The number of alkyl halides is 1. The Hall–Kier alpha value is -1.03. The molecule has 4 heteroatoms. The Morgan fingerprint density at radius 3 is 2.39 bits per heavy atom. The predicted octanol–water partition coefficient (Wildman–Crippen LogP) is 2.79. The van der Waals surface area contributed by atoms with Crippen LogP contribution in [0.15, 0.2) is 24.3 Å². The monoisotopic (exact) mass is 308 g/mol. The van der Waals surface area contributed by atoms with E-state index in [0.29, 0.717) is 6.42 Å². The molecule has 0 aliphatic carbocycles. The smallest absolute Gasteiger partial charge is 0.228 e. The zero-order valence-electron chi connectivity index (χ0n) is 10.3. The topological polar surface area (TPSA) is 23.6 Å². The molecule has 0 aromatic heterocycles. The van der Waals surface area contributed by atoms with Crippen molar-refractivity contribution in [1.29, 1.82) is 0 Å². The van der Waals surface area contributed by atoms with E-state index in [1.165, 1.54) is 18.5 Å². The molecule has 1 aromatic carbocycles. The van der Waals surface area contributed by atoms with E-state index in [2.05, 4.69) is 39.0 Å². The van der Waals surface area contributed by atoms with E-state index in [-0.39, 0.29) is 10.7 Å². The largest absolute Gasteiger partial charge is 0.370 e. The van der Waals surface area contributed by atoms with E-state index in [1.54, 1.807) is 0 Å². The van der Waals surface area contributed by atoms with E-state index in [1.807, 2.05) is 11.0 Å². The summed E-state index contributed by atoms with van der Waals surface area (Å²) in [7, 11) is 0. The first-order chi connectivity index (χ1) is 8.75. The second-order valence-corrected chi connectivity index (χ2v) is 6.28. The summed E-state index contributed by atoms with van der Waals surface area (Å²) in [5, 5.41) is 0. The van der Waals surface area contributed by atoms with Crippen LogP contribution in [0.2, 0.25) is 0 Å². The number of hydrogen-bond acceptors (Lipinski definition) is 2. The van der Waals surface area contributed by atoms with Gasteiger partial charge >= 0.3 is 0 Å². The van der Waals surface area contributed by atoms with Gasteiger partial charge in [0, 0.05) is 30.9 Å². The van der Waals surface area contributed by atoms with Crippen molar-refractivity contribution in [3.05, 3.63) is 24.3 Å². The summed E-state index contributed by atoms with van der Waals surface area (Å²) in [4.78, 5) is 16.6. The van der Waals surface area contributed by atoms with Crippen molar-refractivity contribution in [3.8, 4) is 0 Å². The van der Waals surface area contributed by atoms with Crippen LogP contribution in [0.3, 0.4) is 0 Å². The molecule has 0 bridgehead atoms. The number of hydrogen-bond donors (Lipinski definition) is 0. The minimum atomic E-state index is 0.225. The van der Waals surface area contributed by atoms with Crippen LogP contribution >= 0.6 is 15.9 Å². The van der Waals surface area contributed by atoms with Gasteiger partial charge < -0.3 is 9.80 Å². The Morgan fingerprint density at radius 2 is 1.78 bits per heavy atom. The molecule has 2 fully saturated rings. The fraction of sp³-hybridized carbons (Fsp3) is 0.500. The molecule has 0 N–H and O–H groups in total. The molecular weight excluding hydrogens is 292 g/mol. The first-order valence-corrected chi connectivity index (χ1v) is 7.45. The quantitative estimate of drug-likeness (QED) is 0.784. The van der Waals surface area contributed by atoms with Gasteiger partial charge in [-0.25, -0.2) is 0 Å². The maximum absolute atomic E-state index is 12.0. The highest BCUT2D eigenvalue weighted by molar-refractivity contribution is 9.09. The molecule has 18 heavy (non-hydrogen) atoms. The van der Waals surface area contributed by atoms with Gasteiger partial charge in [-0.3, -0.25) is 4.79 Å². The first kappa shape index (κ1) is 12.0. The van der Waals surface area contributed by atoms with Crippen molar-refractivity contribution in [2.24, 2.45) is 0 Å². The first-order valence-electron chi connectivity index (χ1n) is 6.54. The summed E-state index contributed by atoms with van der Waals surface area (Å²) in [6.07, 6.45) is 3.11. The Morgan fingerprint density at radius 1 is 1.11 bits per heavy atom. The second-order valence-electron chi connectivity index (χ2n) is 4.99. The van der Waals surface area contributed by atoms with E-state index in [4.69, 9.17) is 0 Å². The van der Waals surface area contributed by atoms with Crippen molar-refractivity contribution in [1.82, 2.24) is 0 Å². The van der Waals surface area contributed by atoms with Gasteiger partial charge in [-0.15, -0.1) is 0 Å². The molecule has 2 aliphatic rings. The molecule has 96 valence electrons. The van der Waals surface area contributed by atoms with Crippen molar-refractivity contribution in [2.75, 3.05) is 29.4 Å². The number of anilines is 2. The molecule has 0 saturated carbocycles. The van der Waals surface area contributed by atoms with Crippen molar-refractivity contribution < 1.29 is 4.79 Å². The highest BCUT2D eigenvalue weighted by Crippen LogP contribution is 2.35. The third kappa shape index (κ3) is 2.14. The van der Waals surface area contributed by atoms with Crippen LogP contribution < -0.4 is 9.80 Å². The number of para-hydroxylation sites is 2. The number of rotatable bonds is 2. The van der Waals surface area contributed by atoms with Gasteiger partial charge in [-0.05, 0) is 25.0 Å². The summed E-state index contributed by atoms with van der Waals surface area (Å²) in [5.41, 5.74) is 2.29. The molecule has 2 aliphatic heterocycles. The lowest BCUT2D eigenvalue weighted by atomic mass is 10.2. The summed E-state index contributed by atoms with van der Waals surface area (Å²) < 4.78 is 0. The maximum atomic E-state index is 12.0. The molecule has 0 radical (unpaired) electrons. The summed E-state index contributed by atoms with van der Waals surface area (Å²) >= 11 is 3.55. The molecule has 1 aromatic rings. The lowest BCUT2D eigenvalue weighted by Gasteiger charge is -2.26. The number of carbonyl (C=O) groups is 1. The fourth-order valence-corrected chi connectivity index (χ4v) is 3.38. The SMILES string of the molecule is O=C1CC(Br)CN1c1ccccc1N1CCCC1. The average Bonchev–Trinajstić information content (AvgIpc) is 2.99. The molecule has 1 atom stereocenters. The molecule has 3 rings (SSSR count). The minimum Gasteiger partial charge on any atom is -0.370 e. The van der Waals surface area contributed by atoms with E-state index in [9.17, 15) is 4.79 Å². The van der Waals surface area contributed by atoms with Crippen LogP contribution in [0.25, 0.3) is 0 Å². The van der Waals surface area contributed by atoms with Gasteiger partial charge in [0.05, 0.1) is 11.4 Å². The minimum absolute atomic E-state index is 0.225. The van der Waals surface area contributed by atoms with Crippen LogP contribution in [0.4, 0.5) is 11.4 Å². The Balaban J connectivity index is 1.93. The average molecular weight is 309 g/mol. The molecule has 2 saturated heterocycles. The molecule has 0 spiro atoms. The second kappa shape index (κ2) is 4.92. The van der Waals surface area contributed by atoms with Crippen LogP contribution in [0.1, 0.15) is 19.3 Å². The van der Waals surface area contributed by atoms with Crippen molar-refractivity contribution >= 4 is 33.2 Å². The number of benzene rings is 1. The molecule has 2 heterocycles. The third-order valence-electron chi connectivity index (χ3n) is 3.70. The van der Waals surface area contributed by atoms with Gasteiger partial charge in [0.2, 0.25) is 5.91 Å². The number of nitrogens with zero attached hydrogens (tertiary/aromatic N) is 2. The van der Waals surface area contributed by atoms with Gasteiger partial charge in [0.25, 0.3) is 0 Å². The zero-order chi connectivity index (χ0) is 12.5. The summed E-state index contributed by atoms with van der Waals surface area (Å²) in [6.45, 7) is 3.00. The van der Waals surface area contributed by atoms with Crippen molar-refractivity contribution in [3.63, 3.8) is 0 Å². The molecule has 1 unspecified atom stereocenters. The number of halogens is 1. The van der Waals surface area contributed by atoms with E-state index >= 15 is 0 Å². The predicted molar refractivity (Wildman–Crippen MR) is 77.6 cm³/mol. The molecule has 3 nitrogen and oxygen atoms in total. The normalized spacial score (nSPS) is 24.1. The van der Waals surface area contributed by atoms with Crippen LogP contribution in [0, 0.1) is 0 Å². The summed E-state index contributed by atoms with van der Waals surface area (Å²) in [5.74, 6) is 0.225.